The summed E-state index contributed by atoms with van der Waals surface area (Å²) in [6, 6.07) is 14.0. The van der Waals surface area contributed by atoms with Crippen LogP contribution >= 0.6 is 0 Å². The molecule has 4 unspecified atom stereocenters. The van der Waals surface area contributed by atoms with Crippen LogP contribution in [0.2, 0.25) is 0 Å². The third-order valence-electron chi connectivity index (χ3n) is 7.34. The molecule has 2 amide bonds. The molecule has 0 saturated carbocycles. The van der Waals surface area contributed by atoms with Gasteiger partial charge in [0.25, 0.3) is 0 Å². The van der Waals surface area contributed by atoms with Crippen LogP contribution in [0.5, 0.6) is 5.75 Å². The van der Waals surface area contributed by atoms with E-state index in [1.54, 1.807) is 33.1 Å². The Morgan fingerprint density at radius 2 is 1.66 bits per heavy atom. The van der Waals surface area contributed by atoms with E-state index in [4.69, 9.17) is 9.47 Å². The van der Waals surface area contributed by atoms with Gasteiger partial charge in [0.1, 0.15) is 23.4 Å². The third kappa shape index (κ3) is 6.78. The number of carbonyl (C=O) groups is 3. The summed E-state index contributed by atoms with van der Waals surface area (Å²) in [6.45, 7) is 4.23. The molecule has 2 heterocycles. The van der Waals surface area contributed by atoms with E-state index >= 15 is 0 Å². The van der Waals surface area contributed by atoms with E-state index < -0.39 is 41.1 Å². The van der Waals surface area contributed by atoms with Crippen LogP contribution in [0.3, 0.4) is 0 Å². The molecule has 0 radical (unpaired) electrons. The molecule has 2 aliphatic rings. The highest BCUT2D eigenvalue weighted by molar-refractivity contribution is 5.98. The van der Waals surface area contributed by atoms with Gasteiger partial charge in [-0.3, -0.25) is 14.4 Å². The summed E-state index contributed by atoms with van der Waals surface area (Å²) in [5, 5.41) is 19.6. The molecular weight excluding hydrogens is 486 g/mol. The number of carbonyl (C=O) groups excluding carboxylic acids is 3. The van der Waals surface area contributed by atoms with Crippen molar-refractivity contribution in [3.63, 3.8) is 0 Å². The number of Topliss-reactive ketones (excluding diaryl/α,β-unsaturated/α-hetero) is 1. The number of ketones is 1. The highest BCUT2D eigenvalue weighted by Crippen LogP contribution is 2.29. The molecule has 2 aliphatic heterocycles. The minimum absolute atomic E-state index is 0.191. The Hall–Kier alpha value is -3.27. The molecule has 2 aromatic rings. The van der Waals surface area contributed by atoms with Crippen LogP contribution in [-0.2, 0) is 32.0 Å². The standard InChI is InChI=1S/C29H37N3O6/c1-28(36)14-7-15-30-24(28)27(35)32-23(17-20-10-12-21(37-3)13-11-20)26(34)31-22(25(33)29(2)18-38-29)16-19-8-5-4-6-9-19/h4-6,8-13,22-24,30,36H,7,14-18H2,1-3H3,(H,31,34)(H,32,35)/t22-,23?,24?,28?,29?/m0/s1. The van der Waals surface area contributed by atoms with Crippen LogP contribution in [0.15, 0.2) is 54.6 Å². The first-order chi connectivity index (χ1) is 18.1. The Balaban J connectivity index is 1.55. The fourth-order valence-corrected chi connectivity index (χ4v) is 4.84. The molecule has 9 nitrogen and oxygen atoms in total. The van der Waals surface area contributed by atoms with Crippen LogP contribution in [0.1, 0.15) is 37.8 Å². The van der Waals surface area contributed by atoms with Gasteiger partial charge in [0, 0.05) is 6.42 Å². The van der Waals surface area contributed by atoms with Crippen molar-refractivity contribution in [2.45, 2.75) is 68.9 Å². The highest BCUT2D eigenvalue weighted by Gasteiger charge is 2.50. The van der Waals surface area contributed by atoms with E-state index in [9.17, 15) is 19.5 Å². The van der Waals surface area contributed by atoms with Crippen molar-refractivity contribution in [1.29, 1.82) is 0 Å². The zero-order valence-corrected chi connectivity index (χ0v) is 22.2. The number of piperidine rings is 1. The summed E-state index contributed by atoms with van der Waals surface area (Å²) in [5.74, 6) is -0.483. The Labute approximate surface area is 223 Å². The van der Waals surface area contributed by atoms with Crippen molar-refractivity contribution < 1.29 is 29.0 Å². The summed E-state index contributed by atoms with van der Waals surface area (Å²) in [5.41, 5.74) is -0.467. The van der Waals surface area contributed by atoms with Crippen molar-refractivity contribution in [3.8, 4) is 5.75 Å². The third-order valence-corrected chi connectivity index (χ3v) is 7.34. The number of rotatable bonds is 11. The molecule has 204 valence electrons. The van der Waals surface area contributed by atoms with Gasteiger partial charge >= 0.3 is 0 Å². The Bertz CT molecular complexity index is 1130. The molecule has 2 fully saturated rings. The summed E-state index contributed by atoms with van der Waals surface area (Å²) in [4.78, 5) is 40.2. The molecule has 0 aliphatic carbocycles. The van der Waals surface area contributed by atoms with E-state index in [-0.39, 0.29) is 12.2 Å². The van der Waals surface area contributed by atoms with Gasteiger partial charge in [-0.05, 0) is 62.9 Å². The summed E-state index contributed by atoms with van der Waals surface area (Å²) < 4.78 is 10.6. The minimum Gasteiger partial charge on any atom is -0.497 e. The maximum absolute atomic E-state index is 13.7. The molecule has 9 heteroatoms. The average molecular weight is 524 g/mol. The second-order valence-corrected chi connectivity index (χ2v) is 10.6. The summed E-state index contributed by atoms with van der Waals surface area (Å²) in [6.07, 6.45) is 1.71. The van der Waals surface area contributed by atoms with Gasteiger partial charge in [-0.1, -0.05) is 42.5 Å². The van der Waals surface area contributed by atoms with Crippen molar-refractivity contribution in [2.75, 3.05) is 20.3 Å². The maximum atomic E-state index is 13.7. The number of benzene rings is 2. The largest absolute Gasteiger partial charge is 0.497 e. The summed E-state index contributed by atoms with van der Waals surface area (Å²) in [7, 11) is 1.57. The van der Waals surface area contributed by atoms with E-state index in [1.807, 2.05) is 42.5 Å². The SMILES string of the molecule is COc1ccc(CC(NC(=O)C2NCCCC2(C)O)C(=O)N[C@@H](Cc2ccccc2)C(=O)C2(C)CO2)cc1. The summed E-state index contributed by atoms with van der Waals surface area (Å²) >= 11 is 0. The van der Waals surface area contributed by atoms with Gasteiger partial charge in [-0.2, -0.15) is 0 Å². The number of methoxy groups -OCH3 is 1. The maximum Gasteiger partial charge on any atom is 0.243 e. The van der Waals surface area contributed by atoms with Crippen LogP contribution in [0.4, 0.5) is 0 Å². The first-order valence-corrected chi connectivity index (χ1v) is 13.0. The van der Waals surface area contributed by atoms with Gasteiger partial charge in [0.05, 0.1) is 25.4 Å². The van der Waals surface area contributed by atoms with Gasteiger partial charge < -0.3 is 30.5 Å². The second-order valence-electron chi connectivity index (χ2n) is 10.6. The van der Waals surface area contributed by atoms with E-state index in [1.165, 1.54) is 0 Å². The Kier molecular flexibility index (Phi) is 8.50. The smallest absolute Gasteiger partial charge is 0.243 e. The zero-order chi connectivity index (χ0) is 27.3. The van der Waals surface area contributed by atoms with E-state index in [0.717, 1.165) is 17.5 Å². The molecule has 2 aromatic carbocycles. The van der Waals surface area contributed by atoms with Gasteiger partial charge in [-0.25, -0.2) is 0 Å². The van der Waals surface area contributed by atoms with Crippen LogP contribution in [-0.4, -0.2) is 72.3 Å². The number of nitrogens with one attached hydrogen (secondary N) is 3. The zero-order valence-electron chi connectivity index (χ0n) is 22.2. The van der Waals surface area contributed by atoms with Crippen LogP contribution in [0, 0.1) is 0 Å². The number of epoxide rings is 1. The highest BCUT2D eigenvalue weighted by atomic mass is 16.6. The van der Waals surface area contributed by atoms with Gasteiger partial charge in [-0.15, -0.1) is 0 Å². The lowest BCUT2D eigenvalue weighted by Gasteiger charge is -2.37. The molecule has 5 atom stereocenters. The number of amides is 2. The lowest BCUT2D eigenvalue weighted by Crippen LogP contribution is -2.63. The predicted molar refractivity (Wildman–Crippen MR) is 142 cm³/mol. The van der Waals surface area contributed by atoms with Gasteiger partial charge in [0.15, 0.2) is 5.78 Å². The lowest BCUT2D eigenvalue weighted by molar-refractivity contribution is -0.136. The molecular formula is C29H37N3O6. The van der Waals surface area contributed by atoms with Crippen molar-refractivity contribution in [2.24, 2.45) is 0 Å². The first kappa shape index (κ1) is 27.8. The average Bonchev–Trinajstić information content (AvgIpc) is 3.66. The molecule has 0 bridgehead atoms. The predicted octanol–water partition coefficient (Wildman–Crippen LogP) is 1.31. The van der Waals surface area contributed by atoms with E-state index in [0.29, 0.717) is 31.7 Å². The molecule has 2 saturated heterocycles. The quantitative estimate of drug-likeness (QED) is 0.327. The molecule has 4 N–H and O–H groups in total. The fraction of sp³-hybridized carbons (Fsp3) is 0.483. The number of hydrogen-bond acceptors (Lipinski definition) is 7. The number of ether oxygens (including phenoxy) is 2. The second kappa shape index (κ2) is 11.6. The Morgan fingerprint density at radius 3 is 2.26 bits per heavy atom. The van der Waals surface area contributed by atoms with Crippen molar-refractivity contribution in [1.82, 2.24) is 16.0 Å². The van der Waals surface area contributed by atoms with Crippen LogP contribution in [0.25, 0.3) is 0 Å². The lowest BCUT2D eigenvalue weighted by atomic mass is 9.87. The van der Waals surface area contributed by atoms with Gasteiger partial charge in [0.2, 0.25) is 11.8 Å². The number of aliphatic hydroxyl groups is 1. The monoisotopic (exact) mass is 523 g/mol. The normalized spacial score (nSPS) is 26.1. The molecule has 0 aromatic heterocycles. The topological polar surface area (TPSA) is 129 Å². The first-order valence-electron chi connectivity index (χ1n) is 13.0. The van der Waals surface area contributed by atoms with E-state index in [2.05, 4.69) is 16.0 Å². The molecule has 4 rings (SSSR count). The molecule has 0 spiro atoms. The van der Waals surface area contributed by atoms with Crippen LogP contribution < -0.4 is 20.7 Å². The number of hydrogen-bond donors (Lipinski definition) is 4. The fourth-order valence-electron chi connectivity index (χ4n) is 4.84. The van der Waals surface area contributed by atoms with Crippen molar-refractivity contribution >= 4 is 17.6 Å². The Morgan fingerprint density at radius 1 is 1.03 bits per heavy atom. The molecule has 38 heavy (non-hydrogen) atoms. The van der Waals surface area contributed by atoms with Crippen molar-refractivity contribution in [3.05, 3.63) is 65.7 Å². The minimum atomic E-state index is -1.24.